The lowest BCUT2D eigenvalue weighted by Gasteiger charge is -2.36. The summed E-state index contributed by atoms with van der Waals surface area (Å²) in [5.41, 5.74) is 6.22. The highest BCUT2D eigenvalue weighted by molar-refractivity contribution is 8.03. The number of anilines is 2. The lowest BCUT2D eigenvalue weighted by Crippen LogP contribution is -2.52. The van der Waals surface area contributed by atoms with Crippen LogP contribution in [-0.2, 0) is 20.9 Å². The highest BCUT2D eigenvalue weighted by atomic mass is 32.2. The first-order chi connectivity index (χ1) is 18.4. The molecule has 5 nitrogen and oxygen atoms in total. The summed E-state index contributed by atoms with van der Waals surface area (Å²) < 4.78 is 0. The topological polar surface area (TPSA) is 43.9 Å². The molecule has 3 aliphatic rings. The average Bonchev–Trinajstić information content (AvgIpc) is 3.30. The average molecular weight is 526 g/mol. The number of aryl methyl sites for hydroxylation is 2. The Balaban J connectivity index is 1.28. The van der Waals surface area contributed by atoms with Gasteiger partial charge in [0.1, 0.15) is 0 Å². The van der Waals surface area contributed by atoms with E-state index in [1.165, 1.54) is 17.3 Å². The van der Waals surface area contributed by atoms with Gasteiger partial charge in [-0.15, -0.1) is 11.8 Å². The zero-order valence-electron chi connectivity index (χ0n) is 22.4. The van der Waals surface area contributed by atoms with Crippen molar-refractivity contribution < 1.29 is 9.59 Å². The minimum Gasteiger partial charge on any atom is -0.295 e. The van der Waals surface area contributed by atoms with Crippen molar-refractivity contribution in [1.82, 2.24) is 4.90 Å². The molecule has 1 spiro atoms. The molecule has 2 atom stereocenters. The summed E-state index contributed by atoms with van der Waals surface area (Å²) >= 11 is 1.48. The van der Waals surface area contributed by atoms with Crippen LogP contribution in [0.25, 0.3) is 0 Å². The molecule has 38 heavy (non-hydrogen) atoms. The Labute approximate surface area is 229 Å². The van der Waals surface area contributed by atoms with E-state index < -0.39 is 4.87 Å². The largest absolute Gasteiger partial charge is 0.295 e. The summed E-state index contributed by atoms with van der Waals surface area (Å²) in [7, 11) is 0. The molecule has 2 amide bonds. The Morgan fingerprint density at radius 1 is 0.895 bits per heavy atom. The van der Waals surface area contributed by atoms with Gasteiger partial charge in [-0.1, -0.05) is 54.6 Å². The Morgan fingerprint density at radius 2 is 1.55 bits per heavy atom. The van der Waals surface area contributed by atoms with Crippen molar-refractivity contribution in [3.8, 4) is 0 Å². The molecule has 0 aromatic heterocycles. The Bertz CT molecular complexity index is 1350. The molecule has 0 aliphatic carbocycles. The number of thioether (sulfide) groups is 1. The van der Waals surface area contributed by atoms with Gasteiger partial charge in [-0.25, -0.2) is 0 Å². The van der Waals surface area contributed by atoms with Gasteiger partial charge < -0.3 is 0 Å². The molecule has 2 saturated heterocycles. The fourth-order valence-electron chi connectivity index (χ4n) is 6.44. The minimum absolute atomic E-state index is 0.00744. The predicted molar refractivity (Wildman–Crippen MR) is 155 cm³/mol. The molecular weight excluding hydrogens is 490 g/mol. The second kappa shape index (κ2) is 9.90. The molecule has 3 heterocycles. The molecule has 3 aromatic carbocycles. The molecule has 0 radical (unpaired) electrons. The first-order valence-electron chi connectivity index (χ1n) is 13.6. The smallest absolute Gasteiger partial charge is 0.269 e. The predicted octanol–water partition coefficient (Wildman–Crippen LogP) is 5.88. The van der Waals surface area contributed by atoms with Gasteiger partial charge in [0.15, 0.2) is 0 Å². The van der Waals surface area contributed by atoms with Gasteiger partial charge in [0.25, 0.3) is 5.91 Å². The SMILES string of the molecule is Cc1cc(C)cc(N2C(=O)C(C)SC23C(=O)N(CN2CCC(Cc4ccccc4)CC2)c2ccccc23)c1. The number of carbonyl (C=O) groups excluding carboxylic acids is 2. The molecule has 0 saturated carbocycles. The van der Waals surface area contributed by atoms with Crippen LogP contribution in [-0.4, -0.2) is 41.7 Å². The van der Waals surface area contributed by atoms with Crippen LogP contribution < -0.4 is 9.80 Å². The van der Waals surface area contributed by atoms with E-state index >= 15 is 0 Å². The number of benzene rings is 3. The second-order valence-electron chi connectivity index (χ2n) is 11.1. The Hall–Kier alpha value is -3.09. The minimum atomic E-state index is -1.07. The van der Waals surface area contributed by atoms with Gasteiger partial charge in [0.2, 0.25) is 10.8 Å². The van der Waals surface area contributed by atoms with Crippen LogP contribution in [0.5, 0.6) is 0 Å². The molecule has 0 N–H and O–H groups in total. The monoisotopic (exact) mass is 525 g/mol. The molecule has 196 valence electrons. The van der Waals surface area contributed by atoms with Crippen LogP contribution in [0, 0.1) is 19.8 Å². The van der Waals surface area contributed by atoms with Crippen LogP contribution in [0.1, 0.15) is 42.0 Å². The van der Waals surface area contributed by atoms with Crippen LogP contribution in [0.3, 0.4) is 0 Å². The third kappa shape index (κ3) is 4.24. The van der Waals surface area contributed by atoms with Gasteiger partial charge in [-0.05, 0) is 80.8 Å². The van der Waals surface area contributed by atoms with Crippen molar-refractivity contribution in [2.24, 2.45) is 5.92 Å². The van der Waals surface area contributed by atoms with Crippen molar-refractivity contribution >= 4 is 35.0 Å². The van der Waals surface area contributed by atoms with Crippen molar-refractivity contribution in [3.05, 3.63) is 95.1 Å². The number of rotatable bonds is 5. The van der Waals surface area contributed by atoms with Crippen LogP contribution in [0.2, 0.25) is 0 Å². The van der Waals surface area contributed by atoms with E-state index in [1.54, 1.807) is 4.90 Å². The molecule has 3 aliphatic heterocycles. The van der Waals surface area contributed by atoms with Crippen LogP contribution in [0.15, 0.2) is 72.8 Å². The molecule has 6 rings (SSSR count). The van der Waals surface area contributed by atoms with Gasteiger partial charge in [-0.2, -0.15) is 0 Å². The third-order valence-electron chi connectivity index (χ3n) is 8.21. The summed E-state index contributed by atoms with van der Waals surface area (Å²) in [6.07, 6.45) is 3.37. The van der Waals surface area contributed by atoms with E-state index in [4.69, 9.17) is 0 Å². The van der Waals surface area contributed by atoms with Gasteiger partial charge >= 0.3 is 0 Å². The number of hydrogen-bond donors (Lipinski definition) is 0. The van der Waals surface area contributed by atoms with Crippen molar-refractivity contribution in [1.29, 1.82) is 0 Å². The normalized spacial score (nSPS) is 24.0. The number of para-hydroxylation sites is 1. The van der Waals surface area contributed by atoms with Gasteiger partial charge in [0, 0.05) is 24.3 Å². The number of hydrogen-bond acceptors (Lipinski definition) is 4. The molecule has 2 unspecified atom stereocenters. The van der Waals surface area contributed by atoms with Gasteiger partial charge in [0.05, 0.1) is 17.6 Å². The van der Waals surface area contributed by atoms with Crippen molar-refractivity contribution in [2.75, 3.05) is 29.6 Å². The fourth-order valence-corrected chi connectivity index (χ4v) is 7.97. The quantitative estimate of drug-likeness (QED) is 0.417. The second-order valence-corrected chi connectivity index (χ2v) is 12.6. The zero-order valence-corrected chi connectivity index (χ0v) is 23.2. The lowest BCUT2D eigenvalue weighted by atomic mass is 9.90. The molecule has 0 bridgehead atoms. The fraction of sp³-hybridized carbons (Fsp3) is 0.375. The van der Waals surface area contributed by atoms with Crippen molar-refractivity contribution in [2.45, 2.75) is 50.2 Å². The summed E-state index contributed by atoms with van der Waals surface area (Å²) in [4.78, 5) is 33.2. The number of piperidine rings is 1. The van der Waals surface area contributed by atoms with E-state index in [9.17, 15) is 9.59 Å². The number of nitrogens with zero attached hydrogens (tertiary/aromatic N) is 3. The van der Waals surface area contributed by atoms with E-state index in [0.29, 0.717) is 12.6 Å². The summed E-state index contributed by atoms with van der Waals surface area (Å²) in [6, 6.07) is 25.0. The molecule has 6 heteroatoms. The van der Waals surface area contributed by atoms with Crippen molar-refractivity contribution in [3.63, 3.8) is 0 Å². The van der Waals surface area contributed by atoms with Gasteiger partial charge in [-0.3, -0.25) is 24.3 Å². The summed E-state index contributed by atoms with van der Waals surface area (Å²) in [6.45, 7) is 8.50. The summed E-state index contributed by atoms with van der Waals surface area (Å²) in [5.74, 6) is 0.657. The summed E-state index contributed by atoms with van der Waals surface area (Å²) in [5, 5.41) is -0.304. The Morgan fingerprint density at radius 3 is 2.26 bits per heavy atom. The van der Waals surface area contributed by atoms with E-state index in [1.807, 2.05) is 62.1 Å². The van der Waals surface area contributed by atoms with E-state index in [0.717, 1.165) is 60.4 Å². The van der Waals surface area contributed by atoms with Crippen LogP contribution >= 0.6 is 11.8 Å². The van der Waals surface area contributed by atoms with E-state index in [-0.39, 0.29) is 17.1 Å². The maximum absolute atomic E-state index is 14.5. The first-order valence-corrected chi connectivity index (χ1v) is 14.5. The first kappa shape index (κ1) is 25.2. The standard InChI is InChI=1S/C32H35N3O2S/c1-22-17-23(2)19-27(18-22)35-30(36)24(3)38-32(35)28-11-7-8-12-29(28)34(31(32)37)21-33-15-13-26(14-16-33)20-25-9-5-4-6-10-25/h4-12,17-19,24,26H,13-16,20-21H2,1-3H3. The Kier molecular flexibility index (Phi) is 6.57. The highest BCUT2D eigenvalue weighted by Gasteiger charge is 2.63. The maximum Gasteiger partial charge on any atom is 0.269 e. The molecule has 3 aromatic rings. The molecule has 2 fully saturated rings. The zero-order chi connectivity index (χ0) is 26.4. The highest BCUT2D eigenvalue weighted by Crippen LogP contribution is 2.58. The number of likely N-dealkylation sites (tertiary alicyclic amines) is 1. The molecular formula is C32H35N3O2S. The lowest BCUT2D eigenvalue weighted by molar-refractivity contribution is -0.124. The number of amides is 2. The van der Waals surface area contributed by atoms with Crippen LogP contribution in [0.4, 0.5) is 11.4 Å². The number of carbonyl (C=O) groups is 2. The number of fused-ring (bicyclic) bond motifs is 2. The maximum atomic E-state index is 14.5. The third-order valence-corrected chi connectivity index (χ3v) is 9.68. The van der Waals surface area contributed by atoms with E-state index in [2.05, 4.69) is 41.3 Å².